The van der Waals surface area contributed by atoms with E-state index in [2.05, 4.69) is 0 Å². The van der Waals surface area contributed by atoms with Gasteiger partial charge in [0.25, 0.3) is 5.91 Å². The molecule has 1 atom stereocenters. The van der Waals surface area contributed by atoms with Crippen molar-refractivity contribution in [3.05, 3.63) is 35.6 Å². The number of nitrogens with zero attached hydrogens (tertiary/aromatic N) is 1. The van der Waals surface area contributed by atoms with Crippen LogP contribution in [0.15, 0.2) is 24.3 Å². The zero-order chi connectivity index (χ0) is 13.1. The molecule has 1 aliphatic heterocycles. The summed E-state index contributed by atoms with van der Waals surface area (Å²) in [6.45, 7) is 3.49. The number of amides is 1. The fourth-order valence-electron chi connectivity index (χ4n) is 2.40. The SMILES string of the molecule is CC(N)C1CCN(C(=O)c2ccc(F)cc2)CC1.Cl. The van der Waals surface area contributed by atoms with Gasteiger partial charge in [0.2, 0.25) is 0 Å². The molecule has 0 radical (unpaired) electrons. The summed E-state index contributed by atoms with van der Waals surface area (Å²) in [5.41, 5.74) is 6.42. The van der Waals surface area contributed by atoms with Gasteiger partial charge in [-0.1, -0.05) is 0 Å². The summed E-state index contributed by atoms with van der Waals surface area (Å²) in [5, 5.41) is 0. The Morgan fingerprint density at radius 3 is 2.32 bits per heavy atom. The highest BCUT2D eigenvalue weighted by Gasteiger charge is 2.25. The van der Waals surface area contributed by atoms with E-state index in [4.69, 9.17) is 5.73 Å². The first-order chi connectivity index (χ1) is 8.58. The maximum absolute atomic E-state index is 12.8. The van der Waals surface area contributed by atoms with E-state index < -0.39 is 0 Å². The van der Waals surface area contributed by atoms with Crippen LogP contribution in [0.1, 0.15) is 30.1 Å². The highest BCUT2D eigenvalue weighted by Crippen LogP contribution is 2.21. The topological polar surface area (TPSA) is 46.3 Å². The molecule has 1 saturated heterocycles. The van der Waals surface area contributed by atoms with Gasteiger partial charge in [-0.3, -0.25) is 4.79 Å². The van der Waals surface area contributed by atoms with Crippen molar-refractivity contribution < 1.29 is 9.18 Å². The highest BCUT2D eigenvalue weighted by atomic mass is 35.5. The third-order valence-corrected chi connectivity index (χ3v) is 3.66. The van der Waals surface area contributed by atoms with Crippen LogP contribution in [-0.2, 0) is 0 Å². The number of rotatable bonds is 2. The van der Waals surface area contributed by atoms with Crippen molar-refractivity contribution in [2.24, 2.45) is 11.7 Å². The summed E-state index contributed by atoms with van der Waals surface area (Å²) in [7, 11) is 0. The minimum absolute atomic E-state index is 0. The number of carbonyl (C=O) groups excluding carboxylic acids is 1. The molecular formula is C14H20ClFN2O. The molecule has 19 heavy (non-hydrogen) atoms. The lowest BCUT2D eigenvalue weighted by molar-refractivity contribution is 0.0681. The summed E-state index contributed by atoms with van der Waals surface area (Å²) >= 11 is 0. The first kappa shape index (κ1) is 15.9. The molecule has 2 N–H and O–H groups in total. The minimum Gasteiger partial charge on any atom is -0.339 e. The first-order valence-corrected chi connectivity index (χ1v) is 6.38. The van der Waals surface area contributed by atoms with Crippen LogP contribution < -0.4 is 5.73 Å². The number of hydrogen-bond donors (Lipinski definition) is 1. The maximum Gasteiger partial charge on any atom is 0.253 e. The van der Waals surface area contributed by atoms with Gasteiger partial charge in [0.05, 0.1) is 0 Å². The third kappa shape index (κ3) is 3.91. The van der Waals surface area contributed by atoms with Crippen molar-refractivity contribution in [2.75, 3.05) is 13.1 Å². The maximum atomic E-state index is 12.8. The molecular weight excluding hydrogens is 267 g/mol. The second kappa shape index (κ2) is 6.87. The minimum atomic E-state index is -0.317. The zero-order valence-corrected chi connectivity index (χ0v) is 11.8. The molecule has 0 aromatic heterocycles. The number of halogens is 2. The van der Waals surface area contributed by atoms with Crippen molar-refractivity contribution in [3.8, 4) is 0 Å². The molecule has 2 rings (SSSR count). The molecule has 1 amide bonds. The van der Waals surface area contributed by atoms with E-state index in [1.54, 1.807) is 0 Å². The molecule has 5 heteroatoms. The third-order valence-electron chi connectivity index (χ3n) is 3.66. The molecule has 1 fully saturated rings. The summed E-state index contributed by atoms with van der Waals surface area (Å²) in [6.07, 6.45) is 1.90. The van der Waals surface area contributed by atoms with Crippen LogP contribution in [0.5, 0.6) is 0 Å². The van der Waals surface area contributed by atoms with E-state index in [0.29, 0.717) is 11.5 Å². The van der Waals surface area contributed by atoms with Crippen LogP contribution in [0.3, 0.4) is 0 Å². The second-order valence-electron chi connectivity index (χ2n) is 5.00. The average Bonchev–Trinajstić information content (AvgIpc) is 2.39. The quantitative estimate of drug-likeness (QED) is 0.908. The van der Waals surface area contributed by atoms with Crippen molar-refractivity contribution in [3.63, 3.8) is 0 Å². The summed E-state index contributed by atoms with van der Waals surface area (Å²) in [5.74, 6) is 0.169. The number of hydrogen-bond acceptors (Lipinski definition) is 2. The molecule has 1 aromatic carbocycles. The van der Waals surface area contributed by atoms with Gasteiger partial charge in [0.1, 0.15) is 5.82 Å². The van der Waals surface area contributed by atoms with Crippen LogP contribution in [0, 0.1) is 11.7 Å². The van der Waals surface area contributed by atoms with Crippen LogP contribution in [0.2, 0.25) is 0 Å². The van der Waals surface area contributed by atoms with Gasteiger partial charge >= 0.3 is 0 Å². The smallest absolute Gasteiger partial charge is 0.253 e. The lowest BCUT2D eigenvalue weighted by Gasteiger charge is -2.33. The fraction of sp³-hybridized carbons (Fsp3) is 0.500. The number of nitrogens with two attached hydrogens (primary N) is 1. The fourth-order valence-corrected chi connectivity index (χ4v) is 2.40. The van der Waals surface area contributed by atoms with E-state index in [0.717, 1.165) is 25.9 Å². The number of benzene rings is 1. The van der Waals surface area contributed by atoms with Gasteiger partial charge in [-0.05, 0) is 49.9 Å². The highest BCUT2D eigenvalue weighted by molar-refractivity contribution is 5.94. The summed E-state index contributed by atoms with van der Waals surface area (Å²) in [6, 6.07) is 5.90. The van der Waals surface area contributed by atoms with E-state index in [1.165, 1.54) is 24.3 Å². The van der Waals surface area contributed by atoms with Gasteiger partial charge in [0.15, 0.2) is 0 Å². The average molecular weight is 287 g/mol. The lowest BCUT2D eigenvalue weighted by Crippen LogP contribution is -2.42. The largest absolute Gasteiger partial charge is 0.339 e. The van der Waals surface area contributed by atoms with Gasteiger partial charge in [-0.15, -0.1) is 12.4 Å². The van der Waals surface area contributed by atoms with Gasteiger partial charge < -0.3 is 10.6 Å². The van der Waals surface area contributed by atoms with Crippen LogP contribution in [0.4, 0.5) is 4.39 Å². The van der Waals surface area contributed by atoms with Crippen molar-refractivity contribution in [2.45, 2.75) is 25.8 Å². The number of piperidine rings is 1. The van der Waals surface area contributed by atoms with Gasteiger partial charge in [-0.2, -0.15) is 0 Å². The molecule has 3 nitrogen and oxygen atoms in total. The van der Waals surface area contributed by atoms with E-state index in [-0.39, 0.29) is 30.2 Å². The lowest BCUT2D eigenvalue weighted by atomic mass is 9.90. The Morgan fingerprint density at radius 2 is 1.84 bits per heavy atom. The standard InChI is InChI=1S/C14H19FN2O.ClH/c1-10(16)11-6-8-17(9-7-11)14(18)12-2-4-13(15)5-3-12;/h2-5,10-11H,6-9,16H2,1H3;1H. The molecule has 0 bridgehead atoms. The molecule has 106 valence electrons. The molecule has 1 aromatic rings. The summed E-state index contributed by atoms with van der Waals surface area (Å²) in [4.78, 5) is 14.0. The molecule has 0 spiro atoms. The van der Waals surface area contributed by atoms with Crippen molar-refractivity contribution >= 4 is 18.3 Å². The van der Waals surface area contributed by atoms with Crippen LogP contribution >= 0.6 is 12.4 Å². The number of carbonyl (C=O) groups is 1. The Bertz CT molecular complexity index is 414. The van der Waals surface area contributed by atoms with Crippen LogP contribution in [-0.4, -0.2) is 29.9 Å². The van der Waals surface area contributed by atoms with E-state index in [9.17, 15) is 9.18 Å². The monoisotopic (exact) mass is 286 g/mol. The van der Waals surface area contributed by atoms with Gasteiger partial charge in [0, 0.05) is 24.7 Å². The molecule has 1 unspecified atom stereocenters. The Balaban J connectivity index is 0.00000180. The van der Waals surface area contributed by atoms with Gasteiger partial charge in [-0.25, -0.2) is 4.39 Å². The Labute approximate surface area is 119 Å². The predicted octanol–water partition coefficient (Wildman–Crippen LogP) is 2.45. The predicted molar refractivity (Wildman–Crippen MR) is 75.9 cm³/mol. The first-order valence-electron chi connectivity index (χ1n) is 6.38. The normalized spacial score (nSPS) is 17.7. The van der Waals surface area contributed by atoms with E-state index >= 15 is 0 Å². The number of likely N-dealkylation sites (tertiary alicyclic amines) is 1. The molecule has 0 saturated carbocycles. The Morgan fingerprint density at radius 1 is 1.32 bits per heavy atom. The Kier molecular flexibility index (Phi) is 5.76. The van der Waals surface area contributed by atoms with Crippen LogP contribution in [0.25, 0.3) is 0 Å². The summed E-state index contributed by atoms with van der Waals surface area (Å²) < 4.78 is 12.8. The van der Waals surface area contributed by atoms with Crippen molar-refractivity contribution in [1.82, 2.24) is 4.90 Å². The second-order valence-corrected chi connectivity index (χ2v) is 5.00. The molecule has 1 heterocycles. The molecule has 0 aliphatic carbocycles. The molecule has 1 aliphatic rings. The Hall–Kier alpha value is -1.13. The van der Waals surface area contributed by atoms with Crippen molar-refractivity contribution in [1.29, 1.82) is 0 Å². The zero-order valence-electron chi connectivity index (χ0n) is 11.0. The van der Waals surface area contributed by atoms with E-state index in [1.807, 2.05) is 11.8 Å².